The molecule has 1 rings (SSSR count). The number of rotatable bonds is 5. The molecule has 0 aliphatic rings. The van der Waals surface area contributed by atoms with Gasteiger partial charge in [-0.25, -0.2) is 4.98 Å². The fourth-order valence-corrected chi connectivity index (χ4v) is 1.40. The quantitative estimate of drug-likeness (QED) is 0.837. The van der Waals surface area contributed by atoms with Gasteiger partial charge in [0.05, 0.1) is 18.8 Å². The molecule has 0 spiro atoms. The van der Waals surface area contributed by atoms with Gasteiger partial charge < -0.3 is 9.73 Å². The second-order valence-electron chi connectivity index (χ2n) is 5.42. The zero-order chi connectivity index (χ0) is 13.8. The van der Waals surface area contributed by atoms with Crippen LogP contribution in [0.2, 0.25) is 0 Å². The summed E-state index contributed by atoms with van der Waals surface area (Å²) in [7, 11) is 0. The van der Waals surface area contributed by atoms with Crippen LogP contribution in [0.4, 0.5) is 0 Å². The van der Waals surface area contributed by atoms with Crippen LogP contribution in [0.25, 0.3) is 0 Å². The van der Waals surface area contributed by atoms with Gasteiger partial charge >= 0.3 is 0 Å². The third kappa shape index (κ3) is 4.87. The van der Waals surface area contributed by atoms with Crippen molar-refractivity contribution in [2.75, 3.05) is 0 Å². The van der Waals surface area contributed by atoms with Gasteiger partial charge in [-0.3, -0.25) is 10.1 Å². The maximum Gasteiger partial charge on any atom is 0.237 e. The normalized spacial score (nSPS) is 13.4. The SMILES string of the molecule is CCc1cnc(CNC(C)C(=O)NC(C)(C)C)o1. The summed E-state index contributed by atoms with van der Waals surface area (Å²) in [5, 5.41) is 6.01. The lowest BCUT2D eigenvalue weighted by Gasteiger charge is -2.23. The number of aromatic nitrogens is 1. The highest BCUT2D eigenvalue weighted by molar-refractivity contribution is 5.81. The number of hydrogen-bond donors (Lipinski definition) is 2. The van der Waals surface area contributed by atoms with Crippen molar-refractivity contribution in [2.24, 2.45) is 0 Å². The van der Waals surface area contributed by atoms with Crippen LogP contribution in [0.5, 0.6) is 0 Å². The van der Waals surface area contributed by atoms with E-state index in [9.17, 15) is 4.79 Å². The Morgan fingerprint density at radius 3 is 2.67 bits per heavy atom. The molecule has 1 atom stereocenters. The highest BCUT2D eigenvalue weighted by Crippen LogP contribution is 2.04. The average Bonchev–Trinajstić information content (AvgIpc) is 2.71. The van der Waals surface area contributed by atoms with E-state index >= 15 is 0 Å². The molecule has 0 saturated carbocycles. The minimum absolute atomic E-state index is 0.0234. The first-order chi connectivity index (χ1) is 8.31. The molecule has 0 bridgehead atoms. The fourth-order valence-electron chi connectivity index (χ4n) is 1.40. The van der Waals surface area contributed by atoms with E-state index in [-0.39, 0.29) is 17.5 Å². The minimum atomic E-state index is -0.277. The standard InChI is InChI=1S/C13H23N3O2/c1-6-10-7-15-11(18-10)8-14-9(2)12(17)16-13(3,4)5/h7,9,14H,6,8H2,1-5H3,(H,16,17). The predicted octanol–water partition coefficient (Wildman–Crippen LogP) is 1.63. The lowest BCUT2D eigenvalue weighted by molar-refractivity contribution is -0.124. The van der Waals surface area contributed by atoms with Gasteiger partial charge in [0.25, 0.3) is 0 Å². The largest absolute Gasteiger partial charge is 0.444 e. The number of amides is 1. The van der Waals surface area contributed by atoms with Crippen molar-refractivity contribution >= 4 is 5.91 Å². The topological polar surface area (TPSA) is 67.2 Å². The van der Waals surface area contributed by atoms with Gasteiger partial charge in [-0.05, 0) is 27.7 Å². The van der Waals surface area contributed by atoms with Crippen molar-refractivity contribution < 1.29 is 9.21 Å². The Balaban J connectivity index is 2.41. The Morgan fingerprint density at radius 2 is 2.17 bits per heavy atom. The second kappa shape index (κ2) is 6.00. The van der Waals surface area contributed by atoms with Crippen molar-refractivity contribution in [1.82, 2.24) is 15.6 Å². The van der Waals surface area contributed by atoms with Crippen LogP contribution >= 0.6 is 0 Å². The van der Waals surface area contributed by atoms with E-state index in [0.717, 1.165) is 12.2 Å². The first-order valence-corrected chi connectivity index (χ1v) is 6.31. The summed E-state index contributed by atoms with van der Waals surface area (Å²) in [6, 6.07) is -0.277. The van der Waals surface area contributed by atoms with Gasteiger partial charge in [-0.1, -0.05) is 6.92 Å². The maximum absolute atomic E-state index is 11.8. The van der Waals surface area contributed by atoms with Crippen LogP contribution < -0.4 is 10.6 Å². The predicted molar refractivity (Wildman–Crippen MR) is 70.1 cm³/mol. The average molecular weight is 253 g/mol. The van der Waals surface area contributed by atoms with Gasteiger partial charge in [0.2, 0.25) is 11.8 Å². The molecule has 2 N–H and O–H groups in total. The number of nitrogens with one attached hydrogen (secondary N) is 2. The lowest BCUT2D eigenvalue weighted by atomic mass is 10.1. The molecule has 0 aliphatic heterocycles. The Bertz CT molecular complexity index is 393. The van der Waals surface area contributed by atoms with E-state index in [2.05, 4.69) is 15.6 Å². The Hall–Kier alpha value is -1.36. The van der Waals surface area contributed by atoms with E-state index < -0.39 is 0 Å². The minimum Gasteiger partial charge on any atom is -0.444 e. The van der Waals surface area contributed by atoms with E-state index in [1.165, 1.54) is 0 Å². The zero-order valence-electron chi connectivity index (χ0n) is 11.8. The molecule has 1 amide bonds. The van der Waals surface area contributed by atoms with Crippen molar-refractivity contribution in [1.29, 1.82) is 0 Å². The summed E-state index contributed by atoms with van der Waals surface area (Å²) in [6.45, 7) is 10.2. The number of carbonyl (C=O) groups is 1. The molecule has 102 valence electrons. The number of nitrogens with zero attached hydrogens (tertiary/aromatic N) is 1. The number of carbonyl (C=O) groups excluding carboxylic acids is 1. The molecule has 0 radical (unpaired) electrons. The van der Waals surface area contributed by atoms with Crippen LogP contribution in [0.3, 0.4) is 0 Å². The van der Waals surface area contributed by atoms with Gasteiger partial charge in [0.1, 0.15) is 5.76 Å². The summed E-state index contributed by atoms with van der Waals surface area (Å²) in [5.41, 5.74) is -0.217. The van der Waals surface area contributed by atoms with Gasteiger partial charge in [0, 0.05) is 12.0 Å². The fraction of sp³-hybridized carbons (Fsp3) is 0.692. The third-order valence-corrected chi connectivity index (χ3v) is 2.40. The highest BCUT2D eigenvalue weighted by atomic mass is 16.4. The summed E-state index contributed by atoms with van der Waals surface area (Å²) < 4.78 is 5.46. The van der Waals surface area contributed by atoms with Crippen molar-refractivity contribution in [3.8, 4) is 0 Å². The molecule has 5 nitrogen and oxygen atoms in total. The zero-order valence-corrected chi connectivity index (χ0v) is 11.8. The summed E-state index contributed by atoms with van der Waals surface area (Å²) in [4.78, 5) is 15.9. The van der Waals surface area contributed by atoms with Crippen molar-refractivity contribution in [2.45, 2.75) is 59.2 Å². The van der Waals surface area contributed by atoms with E-state index in [1.807, 2.05) is 34.6 Å². The molecular formula is C13H23N3O2. The Morgan fingerprint density at radius 1 is 1.50 bits per heavy atom. The van der Waals surface area contributed by atoms with Crippen molar-refractivity contribution in [3.05, 3.63) is 17.8 Å². The third-order valence-electron chi connectivity index (χ3n) is 2.40. The monoisotopic (exact) mass is 253 g/mol. The van der Waals surface area contributed by atoms with Crippen LogP contribution in [0, 0.1) is 0 Å². The molecule has 0 saturated heterocycles. The molecule has 18 heavy (non-hydrogen) atoms. The highest BCUT2D eigenvalue weighted by Gasteiger charge is 2.19. The molecule has 1 aromatic rings. The molecule has 0 aromatic carbocycles. The maximum atomic E-state index is 11.8. The lowest BCUT2D eigenvalue weighted by Crippen LogP contribution is -2.49. The molecule has 1 aromatic heterocycles. The molecule has 0 fully saturated rings. The molecule has 1 heterocycles. The molecule has 0 aliphatic carbocycles. The van der Waals surface area contributed by atoms with Gasteiger partial charge in [-0.15, -0.1) is 0 Å². The van der Waals surface area contributed by atoms with Crippen LogP contribution in [-0.4, -0.2) is 22.5 Å². The summed E-state index contributed by atoms with van der Waals surface area (Å²) >= 11 is 0. The molecule has 1 unspecified atom stereocenters. The smallest absolute Gasteiger partial charge is 0.237 e. The van der Waals surface area contributed by atoms with E-state index in [4.69, 9.17) is 4.42 Å². The summed E-state index contributed by atoms with van der Waals surface area (Å²) in [6.07, 6.45) is 2.55. The Labute approximate surface area is 108 Å². The molecular weight excluding hydrogens is 230 g/mol. The number of aryl methyl sites for hydroxylation is 1. The first kappa shape index (κ1) is 14.7. The summed E-state index contributed by atoms with van der Waals surface area (Å²) in [5.74, 6) is 1.45. The first-order valence-electron chi connectivity index (χ1n) is 6.31. The van der Waals surface area contributed by atoms with Crippen LogP contribution in [0.1, 0.15) is 46.3 Å². The van der Waals surface area contributed by atoms with E-state index in [1.54, 1.807) is 6.20 Å². The number of oxazole rings is 1. The Kier molecular flexibility index (Phi) is 4.90. The van der Waals surface area contributed by atoms with E-state index in [0.29, 0.717) is 12.4 Å². The van der Waals surface area contributed by atoms with Crippen LogP contribution in [0.15, 0.2) is 10.6 Å². The number of hydrogen-bond acceptors (Lipinski definition) is 4. The molecule has 5 heteroatoms. The second-order valence-corrected chi connectivity index (χ2v) is 5.42. The van der Waals surface area contributed by atoms with Gasteiger partial charge in [-0.2, -0.15) is 0 Å². The van der Waals surface area contributed by atoms with Crippen LogP contribution in [-0.2, 0) is 17.8 Å². The van der Waals surface area contributed by atoms with Crippen molar-refractivity contribution in [3.63, 3.8) is 0 Å². The van der Waals surface area contributed by atoms with Gasteiger partial charge in [0.15, 0.2) is 0 Å².